The first-order valence-corrected chi connectivity index (χ1v) is 13.1. The molecule has 1 radical (unpaired) electrons. The van der Waals surface area contributed by atoms with Gasteiger partial charge in [0.2, 0.25) is 0 Å². The molecule has 0 aromatic carbocycles. The van der Waals surface area contributed by atoms with Gasteiger partial charge in [-0.1, -0.05) is 168 Å². The quantitative estimate of drug-likeness (QED) is 0.155. The summed E-state index contributed by atoms with van der Waals surface area (Å²) < 4.78 is 0. The molecular formula is C27H55. The molecule has 0 aliphatic rings. The molecule has 0 aromatic heterocycles. The van der Waals surface area contributed by atoms with Crippen molar-refractivity contribution in [3.8, 4) is 0 Å². The molecule has 0 heteroatoms. The van der Waals surface area contributed by atoms with E-state index in [4.69, 9.17) is 0 Å². The molecule has 0 saturated carbocycles. The van der Waals surface area contributed by atoms with Crippen molar-refractivity contribution in [1.82, 2.24) is 0 Å². The molecule has 0 rings (SSSR count). The fraction of sp³-hybridized carbons (Fsp3) is 0.963. The zero-order chi connectivity index (χ0) is 19.8. The van der Waals surface area contributed by atoms with Gasteiger partial charge >= 0.3 is 0 Å². The summed E-state index contributed by atoms with van der Waals surface area (Å²) in [6.07, 6.45) is 33.2. The Balaban J connectivity index is 3.50. The van der Waals surface area contributed by atoms with Crippen molar-refractivity contribution in [2.75, 3.05) is 0 Å². The summed E-state index contributed by atoms with van der Waals surface area (Å²) in [5.41, 5.74) is 0. The van der Waals surface area contributed by atoms with Crippen LogP contribution in [0.5, 0.6) is 0 Å². The zero-order valence-corrected chi connectivity index (χ0v) is 19.5. The molecule has 0 aromatic rings. The van der Waals surface area contributed by atoms with Gasteiger partial charge in [-0.05, 0) is 5.92 Å². The minimum Gasteiger partial charge on any atom is -0.0654 e. The predicted molar refractivity (Wildman–Crippen MR) is 126 cm³/mol. The SMILES string of the molecule is [CH2]CCCC(CCCCCCCCC)CCCCCCCCCCCCC. The highest BCUT2D eigenvalue weighted by Gasteiger charge is 2.08. The second-order valence-corrected chi connectivity index (χ2v) is 9.10. The van der Waals surface area contributed by atoms with Gasteiger partial charge in [0.1, 0.15) is 0 Å². The second-order valence-electron chi connectivity index (χ2n) is 9.10. The van der Waals surface area contributed by atoms with Crippen LogP contribution in [0.15, 0.2) is 0 Å². The van der Waals surface area contributed by atoms with E-state index in [0.29, 0.717) is 0 Å². The third kappa shape index (κ3) is 22.2. The van der Waals surface area contributed by atoms with Crippen LogP contribution in [0, 0.1) is 12.8 Å². The van der Waals surface area contributed by atoms with E-state index in [2.05, 4.69) is 20.8 Å². The summed E-state index contributed by atoms with van der Waals surface area (Å²) in [4.78, 5) is 0. The Kier molecular flexibility index (Phi) is 24.0. The highest BCUT2D eigenvalue weighted by atomic mass is 14.1. The second kappa shape index (κ2) is 24.0. The molecule has 163 valence electrons. The van der Waals surface area contributed by atoms with Gasteiger partial charge < -0.3 is 0 Å². The maximum Gasteiger partial charge on any atom is -0.0414 e. The molecule has 27 heavy (non-hydrogen) atoms. The topological polar surface area (TPSA) is 0 Å². The predicted octanol–water partition coefficient (Wildman–Crippen LogP) is 10.4. The van der Waals surface area contributed by atoms with Crippen LogP contribution in [0.2, 0.25) is 0 Å². The Morgan fingerprint density at radius 1 is 0.407 bits per heavy atom. The molecule has 1 atom stereocenters. The van der Waals surface area contributed by atoms with E-state index in [1.807, 2.05) is 0 Å². The van der Waals surface area contributed by atoms with E-state index in [0.717, 1.165) is 12.3 Å². The van der Waals surface area contributed by atoms with Gasteiger partial charge in [0, 0.05) is 0 Å². The molecular weight excluding hydrogens is 324 g/mol. The molecule has 0 bridgehead atoms. The van der Waals surface area contributed by atoms with E-state index < -0.39 is 0 Å². The first-order chi connectivity index (χ1) is 13.3. The summed E-state index contributed by atoms with van der Waals surface area (Å²) >= 11 is 0. The summed E-state index contributed by atoms with van der Waals surface area (Å²) in [6.45, 7) is 8.67. The van der Waals surface area contributed by atoms with Crippen molar-refractivity contribution in [2.24, 2.45) is 5.92 Å². The van der Waals surface area contributed by atoms with Gasteiger partial charge in [-0.15, -0.1) is 0 Å². The van der Waals surface area contributed by atoms with Gasteiger partial charge in [0.05, 0.1) is 0 Å². The Morgan fingerprint density at radius 2 is 0.704 bits per heavy atom. The lowest BCUT2D eigenvalue weighted by atomic mass is 9.90. The number of hydrogen-bond donors (Lipinski definition) is 0. The van der Waals surface area contributed by atoms with E-state index >= 15 is 0 Å². The molecule has 0 spiro atoms. The standard InChI is InChI=1S/C27H55/c1-4-7-10-12-14-15-16-17-19-21-23-26-27(24-9-6-3)25-22-20-18-13-11-8-5-2/h27H,3-26H2,1-2H3. The van der Waals surface area contributed by atoms with Gasteiger partial charge in [-0.3, -0.25) is 0 Å². The molecule has 0 aliphatic heterocycles. The molecule has 0 N–H and O–H groups in total. The molecule has 0 nitrogen and oxygen atoms in total. The summed E-state index contributed by atoms with van der Waals surface area (Å²) in [6, 6.07) is 0. The van der Waals surface area contributed by atoms with Gasteiger partial charge in [-0.25, -0.2) is 0 Å². The molecule has 0 fully saturated rings. The zero-order valence-electron chi connectivity index (χ0n) is 19.5. The highest BCUT2D eigenvalue weighted by molar-refractivity contribution is 4.62. The Morgan fingerprint density at radius 3 is 1.04 bits per heavy atom. The van der Waals surface area contributed by atoms with Crippen LogP contribution < -0.4 is 0 Å². The fourth-order valence-electron chi connectivity index (χ4n) is 4.35. The third-order valence-corrected chi connectivity index (χ3v) is 6.29. The average Bonchev–Trinajstić information content (AvgIpc) is 2.68. The van der Waals surface area contributed by atoms with Crippen LogP contribution in [0.3, 0.4) is 0 Å². The van der Waals surface area contributed by atoms with Gasteiger partial charge in [-0.2, -0.15) is 0 Å². The molecule has 0 aliphatic carbocycles. The smallest absolute Gasteiger partial charge is 0.0414 e. The number of unbranched alkanes of at least 4 members (excludes halogenated alkanes) is 17. The summed E-state index contributed by atoms with van der Waals surface area (Å²) in [5, 5.41) is 0. The molecule has 0 amide bonds. The van der Waals surface area contributed by atoms with Crippen molar-refractivity contribution < 1.29 is 0 Å². The minimum absolute atomic E-state index is 1.00. The van der Waals surface area contributed by atoms with E-state index in [9.17, 15) is 0 Å². The van der Waals surface area contributed by atoms with Crippen LogP contribution in [0.4, 0.5) is 0 Å². The Hall–Kier alpha value is 0. The van der Waals surface area contributed by atoms with Crippen LogP contribution in [-0.2, 0) is 0 Å². The van der Waals surface area contributed by atoms with E-state index in [1.54, 1.807) is 0 Å². The van der Waals surface area contributed by atoms with Crippen molar-refractivity contribution in [2.45, 2.75) is 162 Å². The average molecular weight is 380 g/mol. The van der Waals surface area contributed by atoms with Crippen molar-refractivity contribution in [1.29, 1.82) is 0 Å². The first-order valence-electron chi connectivity index (χ1n) is 13.1. The van der Waals surface area contributed by atoms with Gasteiger partial charge in [0.15, 0.2) is 0 Å². The van der Waals surface area contributed by atoms with Crippen LogP contribution in [0.25, 0.3) is 0 Å². The first kappa shape index (κ1) is 27.0. The monoisotopic (exact) mass is 379 g/mol. The van der Waals surface area contributed by atoms with E-state index in [-0.39, 0.29) is 0 Å². The summed E-state index contributed by atoms with van der Waals surface area (Å²) in [7, 11) is 0. The molecule has 1 unspecified atom stereocenters. The highest BCUT2D eigenvalue weighted by Crippen LogP contribution is 2.24. The minimum atomic E-state index is 1.00. The summed E-state index contributed by atoms with van der Waals surface area (Å²) in [5.74, 6) is 1.00. The van der Waals surface area contributed by atoms with Crippen molar-refractivity contribution in [3.05, 3.63) is 6.92 Å². The van der Waals surface area contributed by atoms with Crippen LogP contribution >= 0.6 is 0 Å². The lowest BCUT2D eigenvalue weighted by Crippen LogP contribution is -2.01. The Bertz CT molecular complexity index is 244. The van der Waals surface area contributed by atoms with Crippen LogP contribution in [-0.4, -0.2) is 0 Å². The van der Waals surface area contributed by atoms with Crippen molar-refractivity contribution in [3.63, 3.8) is 0 Å². The number of hydrogen-bond acceptors (Lipinski definition) is 0. The van der Waals surface area contributed by atoms with Gasteiger partial charge in [0.25, 0.3) is 0 Å². The molecule has 0 saturated heterocycles. The largest absolute Gasteiger partial charge is 0.0654 e. The molecule has 0 heterocycles. The number of rotatable bonds is 23. The van der Waals surface area contributed by atoms with E-state index in [1.165, 1.54) is 141 Å². The maximum absolute atomic E-state index is 4.06. The lowest BCUT2D eigenvalue weighted by molar-refractivity contribution is 0.372. The third-order valence-electron chi connectivity index (χ3n) is 6.29. The Labute approximate surface area is 174 Å². The normalized spacial score (nSPS) is 12.6. The lowest BCUT2D eigenvalue weighted by Gasteiger charge is -2.16. The van der Waals surface area contributed by atoms with Crippen molar-refractivity contribution >= 4 is 0 Å². The fourth-order valence-corrected chi connectivity index (χ4v) is 4.35. The maximum atomic E-state index is 4.06. The van der Waals surface area contributed by atoms with Crippen LogP contribution in [0.1, 0.15) is 162 Å².